The molecule has 0 aliphatic rings. The number of rotatable bonds is 3. The molecular weight excluding hydrogens is 316 g/mol. The highest BCUT2D eigenvalue weighted by Gasteiger charge is 2.09. The lowest BCUT2D eigenvalue weighted by Crippen LogP contribution is -2.02. The summed E-state index contributed by atoms with van der Waals surface area (Å²) in [4.78, 5) is 4.08. The second kappa shape index (κ2) is 5.28. The molecule has 0 saturated heterocycles. The lowest BCUT2D eigenvalue weighted by molar-refractivity contribution is 0.730. The molecule has 2 aromatic heterocycles. The van der Waals surface area contributed by atoms with E-state index in [2.05, 4.69) is 38.3 Å². The summed E-state index contributed by atoms with van der Waals surface area (Å²) >= 11 is 9.21. The average Bonchev–Trinajstić information content (AvgIpc) is 2.56. The summed E-state index contributed by atoms with van der Waals surface area (Å²) in [7, 11) is 1.95. The molecule has 0 bridgehead atoms. The maximum Gasteiger partial charge on any atom is 0.143 e. The summed E-state index contributed by atoms with van der Waals surface area (Å²) in [5.41, 5.74) is 4.35. The summed E-state index contributed by atoms with van der Waals surface area (Å²) in [5.74, 6) is 0. The molecule has 18 heavy (non-hydrogen) atoms. The molecule has 2 heterocycles. The molecule has 0 spiro atoms. The Morgan fingerprint density at radius 1 is 1.44 bits per heavy atom. The average molecular weight is 330 g/mol. The third kappa shape index (κ3) is 2.67. The van der Waals surface area contributed by atoms with Gasteiger partial charge in [-0.15, -0.1) is 0 Å². The number of aryl methyl sites for hydroxylation is 2. The highest BCUT2D eigenvalue weighted by atomic mass is 79.9. The summed E-state index contributed by atoms with van der Waals surface area (Å²) in [6.45, 7) is 4.80. The van der Waals surface area contributed by atoms with E-state index in [-0.39, 0.29) is 0 Å². The Labute approximate surface area is 119 Å². The normalized spacial score (nSPS) is 10.7. The highest BCUT2D eigenvalue weighted by molar-refractivity contribution is 9.10. The van der Waals surface area contributed by atoms with E-state index >= 15 is 0 Å². The van der Waals surface area contributed by atoms with E-state index in [1.54, 1.807) is 6.20 Å². The van der Waals surface area contributed by atoms with E-state index in [1.807, 2.05) is 24.7 Å². The van der Waals surface area contributed by atoms with Crippen LogP contribution >= 0.6 is 27.5 Å². The van der Waals surface area contributed by atoms with Crippen LogP contribution in [0.3, 0.4) is 0 Å². The first-order valence-electron chi connectivity index (χ1n) is 5.53. The molecule has 6 heteroatoms. The number of hydrogen-bond acceptors (Lipinski definition) is 3. The van der Waals surface area contributed by atoms with Crippen LogP contribution in [0.2, 0.25) is 5.15 Å². The van der Waals surface area contributed by atoms with Crippen LogP contribution in [0.5, 0.6) is 0 Å². The van der Waals surface area contributed by atoms with Crippen molar-refractivity contribution in [3.8, 4) is 0 Å². The fourth-order valence-corrected chi connectivity index (χ4v) is 2.23. The Morgan fingerprint density at radius 2 is 2.17 bits per heavy atom. The minimum atomic E-state index is 0.467. The lowest BCUT2D eigenvalue weighted by Gasteiger charge is -2.07. The summed E-state index contributed by atoms with van der Waals surface area (Å²) in [6, 6.07) is 1.91. The van der Waals surface area contributed by atoms with Crippen molar-refractivity contribution in [2.45, 2.75) is 20.4 Å². The fraction of sp³-hybridized carbons (Fsp3) is 0.333. The molecule has 4 nitrogen and oxygen atoms in total. The number of halogens is 2. The summed E-state index contributed by atoms with van der Waals surface area (Å²) in [5, 5.41) is 8.17. The quantitative estimate of drug-likeness (QED) is 0.877. The first-order valence-corrected chi connectivity index (χ1v) is 6.70. The van der Waals surface area contributed by atoms with Gasteiger partial charge in [-0.2, -0.15) is 5.10 Å². The van der Waals surface area contributed by atoms with Gasteiger partial charge in [-0.3, -0.25) is 4.68 Å². The number of nitrogens with zero attached hydrogens (tertiary/aromatic N) is 3. The van der Waals surface area contributed by atoms with Crippen LogP contribution in [0.15, 0.2) is 16.7 Å². The Bertz CT molecular complexity index is 580. The van der Waals surface area contributed by atoms with Gasteiger partial charge in [0.15, 0.2) is 0 Å². The van der Waals surface area contributed by atoms with E-state index in [9.17, 15) is 0 Å². The summed E-state index contributed by atoms with van der Waals surface area (Å²) < 4.78 is 2.68. The van der Waals surface area contributed by atoms with E-state index in [1.165, 1.54) is 11.3 Å². The standard InChI is InChI=1S/C12H14BrClN4/c1-7-10(8(2)18(3)17-7)6-15-9-4-11(13)12(14)16-5-9/h4-5,15H,6H2,1-3H3. The molecule has 96 valence electrons. The smallest absolute Gasteiger partial charge is 0.143 e. The van der Waals surface area contributed by atoms with E-state index in [0.717, 1.165) is 22.4 Å². The predicted molar refractivity (Wildman–Crippen MR) is 77.0 cm³/mol. The molecule has 0 unspecified atom stereocenters. The van der Waals surface area contributed by atoms with Crippen molar-refractivity contribution in [1.29, 1.82) is 0 Å². The van der Waals surface area contributed by atoms with Gasteiger partial charge >= 0.3 is 0 Å². The van der Waals surface area contributed by atoms with Crippen molar-refractivity contribution >= 4 is 33.2 Å². The minimum Gasteiger partial charge on any atom is -0.380 e. The first-order chi connectivity index (χ1) is 8.49. The zero-order valence-corrected chi connectivity index (χ0v) is 12.8. The van der Waals surface area contributed by atoms with Crippen molar-refractivity contribution in [1.82, 2.24) is 14.8 Å². The molecule has 0 saturated carbocycles. The van der Waals surface area contributed by atoms with Crippen molar-refractivity contribution in [3.05, 3.63) is 38.8 Å². The maximum atomic E-state index is 5.85. The molecule has 0 aliphatic heterocycles. The van der Waals surface area contributed by atoms with Gasteiger partial charge in [0, 0.05) is 24.8 Å². The third-order valence-corrected chi connectivity index (χ3v) is 4.06. The van der Waals surface area contributed by atoms with Crippen LogP contribution in [0.25, 0.3) is 0 Å². The molecule has 0 atom stereocenters. The monoisotopic (exact) mass is 328 g/mol. The number of hydrogen-bond donors (Lipinski definition) is 1. The van der Waals surface area contributed by atoms with Gasteiger partial charge < -0.3 is 5.32 Å². The highest BCUT2D eigenvalue weighted by Crippen LogP contribution is 2.23. The SMILES string of the molecule is Cc1nn(C)c(C)c1CNc1cnc(Cl)c(Br)c1. The maximum absolute atomic E-state index is 5.85. The largest absolute Gasteiger partial charge is 0.380 e. The number of nitrogens with one attached hydrogen (secondary N) is 1. The topological polar surface area (TPSA) is 42.7 Å². The Morgan fingerprint density at radius 3 is 2.72 bits per heavy atom. The zero-order valence-electron chi connectivity index (χ0n) is 10.5. The molecule has 0 aromatic carbocycles. The molecule has 1 N–H and O–H groups in total. The van der Waals surface area contributed by atoms with E-state index < -0.39 is 0 Å². The van der Waals surface area contributed by atoms with Crippen molar-refractivity contribution in [3.63, 3.8) is 0 Å². The van der Waals surface area contributed by atoms with Crippen LogP contribution < -0.4 is 5.32 Å². The molecular formula is C12H14BrClN4. The van der Waals surface area contributed by atoms with Gasteiger partial charge in [-0.25, -0.2) is 4.98 Å². The minimum absolute atomic E-state index is 0.467. The van der Waals surface area contributed by atoms with Crippen LogP contribution in [0, 0.1) is 13.8 Å². The van der Waals surface area contributed by atoms with Crippen molar-refractivity contribution in [2.24, 2.45) is 7.05 Å². The number of anilines is 1. The second-order valence-corrected chi connectivity index (χ2v) is 5.34. The molecule has 0 amide bonds. The van der Waals surface area contributed by atoms with Crippen LogP contribution in [-0.2, 0) is 13.6 Å². The molecule has 0 radical (unpaired) electrons. The second-order valence-electron chi connectivity index (χ2n) is 4.12. The fourth-order valence-electron chi connectivity index (χ4n) is 1.78. The van der Waals surface area contributed by atoms with Crippen molar-refractivity contribution in [2.75, 3.05) is 5.32 Å². The Kier molecular flexibility index (Phi) is 3.92. The van der Waals surface area contributed by atoms with Gasteiger partial charge in [-0.1, -0.05) is 11.6 Å². The van der Waals surface area contributed by atoms with E-state index in [4.69, 9.17) is 11.6 Å². The van der Waals surface area contributed by atoms with Crippen molar-refractivity contribution < 1.29 is 0 Å². The Hall–Kier alpha value is -1.07. The van der Waals surface area contributed by atoms with Gasteiger partial charge in [0.2, 0.25) is 0 Å². The first kappa shape index (κ1) is 13.4. The van der Waals surface area contributed by atoms with Gasteiger partial charge in [0.1, 0.15) is 5.15 Å². The predicted octanol–water partition coefficient (Wildman–Crippen LogP) is 3.46. The number of pyridine rings is 1. The molecule has 2 aromatic rings. The molecule has 0 fully saturated rings. The van der Waals surface area contributed by atoms with Crippen LogP contribution in [-0.4, -0.2) is 14.8 Å². The molecule has 2 rings (SSSR count). The van der Waals surface area contributed by atoms with Crippen LogP contribution in [0.1, 0.15) is 17.0 Å². The molecule has 0 aliphatic carbocycles. The zero-order chi connectivity index (χ0) is 13.3. The summed E-state index contributed by atoms with van der Waals surface area (Å²) in [6.07, 6.45) is 1.72. The van der Waals surface area contributed by atoms with E-state index in [0.29, 0.717) is 5.15 Å². The number of aromatic nitrogens is 3. The lowest BCUT2D eigenvalue weighted by atomic mass is 10.2. The van der Waals surface area contributed by atoms with Gasteiger partial charge in [0.25, 0.3) is 0 Å². The Balaban J connectivity index is 2.14. The van der Waals surface area contributed by atoms with Crippen LogP contribution in [0.4, 0.5) is 5.69 Å². The third-order valence-electron chi connectivity index (χ3n) is 2.92. The van der Waals surface area contributed by atoms with Gasteiger partial charge in [0.05, 0.1) is 22.1 Å². The van der Waals surface area contributed by atoms with Gasteiger partial charge in [-0.05, 0) is 35.8 Å².